The molecular weight excluding hydrogens is 212 g/mol. The van der Waals surface area contributed by atoms with Crippen LogP contribution >= 0.6 is 0 Å². The number of ether oxygens (including phenoxy) is 1. The van der Waals surface area contributed by atoms with E-state index in [1.165, 1.54) is 16.8 Å². The highest BCUT2D eigenvalue weighted by Crippen LogP contribution is 2.17. The molecule has 1 atom stereocenters. The fourth-order valence-corrected chi connectivity index (χ4v) is 1.99. The van der Waals surface area contributed by atoms with Crippen LogP contribution < -0.4 is 10.6 Å². The van der Waals surface area contributed by atoms with E-state index in [1.54, 1.807) is 7.11 Å². The van der Waals surface area contributed by atoms with Gasteiger partial charge < -0.3 is 15.4 Å². The van der Waals surface area contributed by atoms with Crippen LogP contribution in [0, 0.1) is 13.8 Å². The normalized spacial score (nSPS) is 12.5. The van der Waals surface area contributed by atoms with E-state index in [1.807, 2.05) is 0 Å². The summed E-state index contributed by atoms with van der Waals surface area (Å²) in [5.74, 6) is 0. The van der Waals surface area contributed by atoms with Gasteiger partial charge in [-0.1, -0.05) is 6.07 Å². The van der Waals surface area contributed by atoms with Crippen molar-refractivity contribution in [2.75, 3.05) is 32.2 Å². The van der Waals surface area contributed by atoms with Crippen molar-refractivity contribution in [3.63, 3.8) is 0 Å². The molecule has 0 saturated carbocycles. The van der Waals surface area contributed by atoms with E-state index in [9.17, 15) is 0 Å². The Labute approximate surface area is 105 Å². The van der Waals surface area contributed by atoms with Crippen LogP contribution in [0.1, 0.15) is 17.5 Å². The van der Waals surface area contributed by atoms with Crippen molar-refractivity contribution >= 4 is 5.69 Å². The van der Waals surface area contributed by atoms with Crippen LogP contribution in [-0.4, -0.2) is 33.4 Å². The largest absolute Gasteiger partial charge is 0.385 e. The van der Waals surface area contributed by atoms with E-state index < -0.39 is 0 Å². The first-order valence-electron chi connectivity index (χ1n) is 6.07. The quantitative estimate of drug-likeness (QED) is 0.822. The van der Waals surface area contributed by atoms with E-state index in [2.05, 4.69) is 44.0 Å². The molecule has 1 aromatic carbocycles. The van der Waals surface area contributed by atoms with Crippen molar-refractivity contribution in [3.8, 4) is 0 Å². The number of hydrogen-bond donors (Lipinski definition) is 1. The molecule has 96 valence electrons. The first-order valence-corrected chi connectivity index (χ1v) is 6.07. The molecule has 0 heterocycles. The first kappa shape index (κ1) is 14.0. The van der Waals surface area contributed by atoms with E-state index in [-0.39, 0.29) is 6.04 Å². The zero-order valence-electron chi connectivity index (χ0n) is 11.4. The van der Waals surface area contributed by atoms with Gasteiger partial charge in [-0.05, 0) is 43.5 Å². The fourth-order valence-electron chi connectivity index (χ4n) is 1.99. The summed E-state index contributed by atoms with van der Waals surface area (Å²) in [6, 6.07) is 6.72. The zero-order chi connectivity index (χ0) is 12.8. The molecule has 0 spiro atoms. The lowest BCUT2D eigenvalue weighted by atomic mass is 10.1. The molecule has 1 aromatic rings. The number of nitrogens with zero attached hydrogens (tertiary/aromatic N) is 1. The molecule has 0 amide bonds. The molecule has 3 heteroatoms. The highest BCUT2D eigenvalue weighted by Gasteiger charge is 2.08. The third kappa shape index (κ3) is 4.75. The molecule has 0 saturated heterocycles. The van der Waals surface area contributed by atoms with Gasteiger partial charge in [0.25, 0.3) is 0 Å². The third-order valence-electron chi connectivity index (χ3n) is 2.85. The molecule has 1 unspecified atom stereocenters. The Bertz CT molecular complexity index is 332. The number of likely N-dealkylation sites (N-methyl/N-ethyl adjacent to an activating group) is 1. The number of methoxy groups -OCH3 is 1. The lowest BCUT2D eigenvalue weighted by Crippen LogP contribution is -2.36. The van der Waals surface area contributed by atoms with Gasteiger partial charge >= 0.3 is 0 Å². The monoisotopic (exact) mass is 236 g/mol. The molecule has 0 bridgehead atoms. The molecule has 17 heavy (non-hydrogen) atoms. The summed E-state index contributed by atoms with van der Waals surface area (Å²) in [6.45, 7) is 5.82. The van der Waals surface area contributed by atoms with Gasteiger partial charge in [0, 0.05) is 39.0 Å². The van der Waals surface area contributed by atoms with Gasteiger partial charge in [-0.3, -0.25) is 0 Å². The van der Waals surface area contributed by atoms with E-state index in [0.717, 1.165) is 19.6 Å². The summed E-state index contributed by atoms with van der Waals surface area (Å²) in [6.07, 6.45) is 0.894. The van der Waals surface area contributed by atoms with Gasteiger partial charge in [-0.15, -0.1) is 0 Å². The Morgan fingerprint density at radius 1 is 1.24 bits per heavy atom. The average Bonchev–Trinajstić information content (AvgIpc) is 2.25. The summed E-state index contributed by atoms with van der Waals surface area (Å²) >= 11 is 0. The van der Waals surface area contributed by atoms with Gasteiger partial charge in [0.2, 0.25) is 0 Å². The minimum atomic E-state index is 0.153. The molecule has 2 N–H and O–H groups in total. The molecule has 0 aromatic heterocycles. The van der Waals surface area contributed by atoms with E-state index in [0.29, 0.717) is 0 Å². The van der Waals surface area contributed by atoms with Crippen LogP contribution in [0.2, 0.25) is 0 Å². The second-order valence-corrected chi connectivity index (χ2v) is 4.77. The maximum Gasteiger partial charge on any atom is 0.0477 e. The Balaban J connectivity index is 2.59. The van der Waals surface area contributed by atoms with Gasteiger partial charge in [-0.2, -0.15) is 0 Å². The van der Waals surface area contributed by atoms with Crippen LogP contribution in [0.15, 0.2) is 18.2 Å². The number of hydrogen-bond acceptors (Lipinski definition) is 3. The molecule has 0 aliphatic carbocycles. The zero-order valence-corrected chi connectivity index (χ0v) is 11.4. The Hall–Kier alpha value is -1.06. The third-order valence-corrected chi connectivity index (χ3v) is 2.85. The molecule has 0 radical (unpaired) electrons. The minimum absolute atomic E-state index is 0.153. The Morgan fingerprint density at radius 3 is 2.35 bits per heavy atom. The van der Waals surface area contributed by atoms with Crippen LogP contribution in [-0.2, 0) is 4.74 Å². The van der Waals surface area contributed by atoms with Gasteiger partial charge in [0.05, 0.1) is 0 Å². The van der Waals surface area contributed by atoms with Gasteiger partial charge in [0.15, 0.2) is 0 Å². The van der Waals surface area contributed by atoms with Crippen LogP contribution in [0.3, 0.4) is 0 Å². The molecular formula is C14H24N2O. The summed E-state index contributed by atoms with van der Waals surface area (Å²) < 4.78 is 5.04. The lowest BCUT2D eigenvalue weighted by Gasteiger charge is -2.24. The second-order valence-electron chi connectivity index (χ2n) is 4.77. The van der Waals surface area contributed by atoms with Crippen molar-refractivity contribution in [2.45, 2.75) is 26.3 Å². The van der Waals surface area contributed by atoms with Crippen molar-refractivity contribution < 1.29 is 4.74 Å². The van der Waals surface area contributed by atoms with Gasteiger partial charge in [-0.25, -0.2) is 0 Å². The number of rotatable bonds is 6. The number of benzene rings is 1. The molecule has 0 fully saturated rings. The fraction of sp³-hybridized carbons (Fsp3) is 0.571. The molecule has 1 rings (SSSR count). The standard InChI is InChI=1S/C14H24N2O/c1-11-7-12(2)9-14(8-11)16(3)10-13(15)5-6-17-4/h7-9,13H,5-6,10,15H2,1-4H3. The molecule has 3 nitrogen and oxygen atoms in total. The highest BCUT2D eigenvalue weighted by atomic mass is 16.5. The smallest absolute Gasteiger partial charge is 0.0477 e. The van der Waals surface area contributed by atoms with Crippen molar-refractivity contribution in [3.05, 3.63) is 29.3 Å². The number of aryl methyl sites for hydroxylation is 2. The van der Waals surface area contributed by atoms with Gasteiger partial charge in [0.1, 0.15) is 0 Å². The van der Waals surface area contributed by atoms with E-state index in [4.69, 9.17) is 10.5 Å². The molecule has 0 aliphatic rings. The Kier molecular flexibility index (Phi) is 5.45. The second kappa shape index (κ2) is 6.62. The average molecular weight is 236 g/mol. The number of nitrogens with two attached hydrogens (primary N) is 1. The summed E-state index contributed by atoms with van der Waals surface area (Å²) in [5.41, 5.74) is 9.86. The first-order chi connectivity index (χ1) is 8.02. The number of anilines is 1. The van der Waals surface area contributed by atoms with Crippen molar-refractivity contribution in [2.24, 2.45) is 5.73 Å². The van der Waals surface area contributed by atoms with E-state index >= 15 is 0 Å². The Morgan fingerprint density at radius 2 is 1.82 bits per heavy atom. The predicted molar refractivity (Wildman–Crippen MR) is 73.7 cm³/mol. The van der Waals surface area contributed by atoms with Crippen LogP contribution in [0.4, 0.5) is 5.69 Å². The summed E-state index contributed by atoms with van der Waals surface area (Å²) in [4.78, 5) is 2.21. The van der Waals surface area contributed by atoms with Crippen LogP contribution in [0.25, 0.3) is 0 Å². The SMILES string of the molecule is COCCC(N)CN(C)c1cc(C)cc(C)c1. The predicted octanol–water partition coefficient (Wildman–Crippen LogP) is 2.10. The van der Waals surface area contributed by atoms with Crippen molar-refractivity contribution in [1.29, 1.82) is 0 Å². The molecule has 0 aliphatic heterocycles. The van der Waals surface area contributed by atoms with Crippen LogP contribution in [0.5, 0.6) is 0 Å². The lowest BCUT2D eigenvalue weighted by molar-refractivity contribution is 0.188. The topological polar surface area (TPSA) is 38.5 Å². The highest BCUT2D eigenvalue weighted by molar-refractivity contribution is 5.50. The van der Waals surface area contributed by atoms with Crippen molar-refractivity contribution in [1.82, 2.24) is 0 Å². The summed E-state index contributed by atoms with van der Waals surface area (Å²) in [5, 5.41) is 0. The maximum absolute atomic E-state index is 6.05. The summed E-state index contributed by atoms with van der Waals surface area (Å²) in [7, 11) is 3.79. The maximum atomic E-state index is 6.05. The minimum Gasteiger partial charge on any atom is -0.385 e.